The Balaban J connectivity index is 1.50. The maximum absolute atomic E-state index is 4.89. The van der Waals surface area contributed by atoms with E-state index in [-0.39, 0.29) is 0 Å². The van der Waals surface area contributed by atoms with E-state index in [9.17, 15) is 0 Å². The minimum absolute atomic E-state index is 0.704. The summed E-state index contributed by atoms with van der Waals surface area (Å²) >= 11 is 0. The van der Waals surface area contributed by atoms with Gasteiger partial charge in [-0.15, -0.1) is 0 Å². The van der Waals surface area contributed by atoms with Crippen LogP contribution < -0.4 is 15.5 Å². The molecule has 0 aliphatic carbocycles. The predicted octanol–water partition coefficient (Wildman–Crippen LogP) is 3.34. The first-order valence-electron chi connectivity index (χ1n) is 11.0. The van der Waals surface area contributed by atoms with E-state index in [0.717, 1.165) is 62.8 Å². The highest BCUT2D eigenvalue weighted by Gasteiger charge is 2.18. The van der Waals surface area contributed by atoms with E-state index in [2.05, 4.69) is 55.7 Å². The molecule has 5 rings (SSSR count). The second kappa shape index (κ2) is 8.42. The number of imidazole rings is 1. The molecular formula is C25H27N7. The predicted molar refractivity (Wildman–Crippen MR) is 129 cm³/mol. The topological polar surface area (TPSA) is 86.4 Å². The Hall–Kier alpha value is -3.74. The lowest BCUT2D eigenvalue weighted by molar-refractivity contribution is 0.578. The Morgan fingerprint density at radius 1 is 1.09 bits per heavy atom. The van der Waals surface area contributed by atoms with Crippen molar-refractivity contribution < 1.29 is 0 Å². The van der Waals surface area contributed by atoms with E-state index in [4.69, 9.17) is 4.98 Å². The van der Waals surface area contributed by atoms with E-state index in [0.29, 0.717) is 5.82 Å². The molecule has 1 saturated heterocycles. The number of nitrogens with one attached hydrogen (secondary N) is 2. The van der Waals surface area contributed by atoms with Gasteiger partial charge in [0.05, 0.1) is 28.9 Å². The van der Waals surface area contributed by atoms with Gasteiger partial charge in [-0.1, -0.05) is 12.7 Å². The van der Waals surface area contributed by atoms with Crippen LogP contribution >= 0.6 is 0 Å². The molecule has 162 valence electrons. The molecule has 0 aromatic carbocycles. The fourth-order valence-corrected chi connectivity index (χ4v) is 4.18. The molecule has 7 heteroatoms. The van der Waals surface area contributed by atoms with E-state index in [1.54, 1.807) is 0 Å². The lowest BCUT2D eigenvalue weighted by Crippen LogP contribution is -2.29. The number of anilines is 1. The Kier molecular flexibility index (Phi) is 5.31. The molecule has 4 aromatic heterocycles. The van der Waals surface area contributed by atoms with Crippen LogP contribution in [0.3, 0.4) is 0 Å². The molecule has 2 N–H and O–H groups in total. The molecule has 0 atom stereocenters. The van der Waals surface area contributed by atoms with Gasteiger partial charge in [-0.25, -0.2) is 4.98 Å². The first-order chi connectivity index (χ1) is 15.6. The average Bonchev–Trinajstić information content (AvgIpc) is 3.41. The molecule has 0 bridgehead atoms. The number of piperidine rings is 1. The molecule has 7 nitrogen and oxygen atoms in total. The van der Waals surface area contributed by atoms with Crippen molar-refractivity contribution in [1.29, 1.82) is 0 Å². The van der Waals surface area contributed by atoms with Crippen molar-refractivity contribution in [2.24, 2.45) is 0 Å². The van der Waals surface area contributed by atoms with Crippen LogP contribution in [0.2, 0.25) is 0 Å². The van der Waals surface area contributed by atoms with E-state index >= 15 is 0 Å². The summed E-state index contributed by atoms with van der Waals surface area (Å²) < 4.78 is 0. The minimum Gasteiger partial charge on any atom is -0.368 e. The second-order valence-electron chi connectivity index (χ2n) is 8.42. The van der Waals surface area contributed by atoms with Crippen molar-refractivity contribution in [1.82, 2.24) is 30.1 Å². The van der Waals surface area contributed by atoms with Gasteiger partial charge in [0, 0.05) is 30.7 Å². The number of nitrogens with zero attached hydrogens (tertiary/aromatic N) is 5. The number of hydrogen-bond donors (Lipinski definition) is 2. The summed E-state index contributed by atoms with van der Waals surface area (Å²) in [6.07, 6.45) is 15.2. The first kappa shape index (κ1) is 20.2. The number of aryl methyl sites for hydroxylation is 1. The first-order valence-corrected chi connectivity index (χ1v) is 11.0. The summed E-state index contributed by atoms with van der Waals surface area (Å²) in [5, 5.41) is 9.26. The van der Waals surface area contributed by atoms with Crippen LogP contribution in [0.1, 0.15) is 37.3 Å². The number of rotatable bonds is 4. The van der Waals surface area contributed by atoms with Gasteiger partial charge in [-0.05, 0) is 62.0 Å². The molecule has 5 heterocycles. The molecule has 1 fully saturated rings. The van der Waals surface area contributed by atoms with Crippen LogP contribution in [0.15, 0.2) is 36.9 Å². The van der Waals surface area contributed by atoms with Crippen molar-refractivity contribution in [3.63, 3.8) is 0 Å². The highest BCUT2D eigenvalue weighted by molar-refractivity contribution is 5.89. The van der Waals surface area contributed by atoms with Crippen LogP contribution in [-0.4, -0.2) is 43.2 Å². The number of fused-ring (bicyclic) bond motifs is 1. The smallest absolute Gasteiger partial charge is 0.159 e. The third-order valence-corrected chi connectivity index (χ3v) is 6.03. The maximum Gasteiger partial charge on any atom is 0.159 e. The molecule has 0 amide bonds. The minimum atomic E-state index is 0.704. The lowest BCUT2D eigenvalue weighted by atomic mass is 10.1. The molecule has 32 heavy (non-hydrogen) atoms. The standard InChI is InChI=1S/C25H27N7/c1-16-11-19(13-26-12-16)17(2)7-8-20-18(3)23(31-30-20)25-28-21-14-27-15-22(24(21)29-25)32-9-5-4-6-10-32/h7-8,11-15,30H,3-6,9-10H2,1-2H3,(H,28,29)/b17-7+,20-8+. The maximum atomic E-state index is 4.89. The molecule has 1 aliphatic heterocycles. The summed E-state index contributed by atoms with van der Waals surface area (Å²) in [5.74, 6) is 0.704. The van der Waals surface area contributed by atoms with Gasteiger partial charge in [-0.2, -0.15) is 5.10 Å². The molecule has 0 radical (unpaired) electrons. The second-order valence-corrected chi connectivity index (χ2v) is 8.42. The Bertz CT molecular complexity index is 1400. The van der Waals surface area contributed by atoms with E-state index in [1.807, 2.05) is 37.8 Å². The van der Waals surface area contributed by atoms with Crippen LogP contribution in [0, 0.1) is 6.92 Å². The molecule has 4 aromatic rings. The third-order valence-electron chi connectivity index (χ3n) is 6.03. The average molecular weight is 426 g/mol. The summed E-state index contributed by atoms with van der Waals surface area (Å²) in [6.45, 7) is 10.5. The zero-order valence-corrected chi connectivity index (χ0v) is 18.5. The Labute approximate surface area is 186 Å². The number of hydrogen-bond acceptors (Lipinski definition) is 5. The quantitative estimate of drug-likeness (QED) is 0.524. The summed E-state index contributed by atoms with van der Waals surface area (Å²) in [7, 11) is 0. The van der Waals surface area contributed by atoms with Gasteiger partial charge in [0.25, 0.3) is 0 Å². The van der Waals surface area contributed by atoms with Crippen molar-refractivity contribution in [3.8, 4) is 11.5 Å². The van der Waals surface area contributed by atoms with Gasteiger partial charge in [-0.3, -0.25) is 15.1 Å². The van der Waals surface area contributed by atoms with Crippen LogP contribution in [0.4, 0.5) is 5.69 Å². The van der Waals surface area contributed by atoms with E-state index < -0.39 is 0 Å². The highest BCUT2D eigenvalue weighted by Crippen LogP contribution is 2.28. The number of aromatic nitrogens is 6. The Morgan fingerprint density at radius 3 is 2.72 bits per heavy atom. The van der Waals surface area contributed by atoms with Crippen molar-refractivity contribution in [2.45, 2.75) is 33.1 Å². The molecular weight excluding hydrogens is 398 g/mol. The number of allylic oxidation sites excluding steroid dienone is 2. The number of pyridine rings is 2. The molecule has 1 aliphatic rings. The zero-order valence-electron chi connectivity index (χ0n) is 18.5. The molecule has 0 unspecified atom stereocenters. The molecule has 0 saturated carbocycles. The van der Waals surface area contributed by atoms with Gasteiger partial charge in [0.1, 0.15) is 11.2 Å². The van der Waals surface area contributed by atoms with Crippen LogP contribution in [-0.2, 0) is 0 Å². The summed E-state index contributed by atoms with van der Waals surface area (Å²) in [6, 6.07) is 2.12. The van der Waals surface area contributed by atoms with Crippen molar-refractivity contribution in [2.75, 3.05) is 18.0 Å². The summed E-state index contributed by atoms with van der Waals surface area (Å²) in [5.41, 5.74) is 7.02. The highest BCUT2D eigenvalue weighted by atomic mass is 15.2. The Morgan fingerprint density at radius 2 is 1.91 bits per heavy atom. The monoisotopic (exact) mass is 425 g/mol. The number of aromatic amines is 2. The van der Waals surface area contributed by atoms with Crippen molar-refractivity contribution in [3.05, 3.63) is 58.6 Å². The van der Waals surface area contributed by atoms with Gasteiger partial charge < -0.3 is 9.88 Å². The fourth-order valence-electron chi connectivity index (χ4n) is 4.18. The van der Waals surface area contributed by atoms with Crippen molar-refractivity contribution >= 4 is 34.9 Å². The van der Waals surface area contributed by atoms with Gasteiger partial charge in [0.15, 0.2) is 5.82 Å². The van der Waals surface area contributed by atoms with Crippen LogP contribution in [0.5, 0.6) is 0 Å². The normalized spacial score (nSPS) is 15.6. The lowest BCUT2D eigenvalue weighted by Gasteiger charge is -2.28. The zero-order chi connectivity index (χ0) is 22.1. The molecule has 0 spiro atoms. The van der Waals surface area contributed by atoms with Gasteiger partial charge >= 0.3 is 0 Å². The SMILES string of the molecule is C=c1c(-c2nc3c(N4CCCCC4)cncc3[nH]2)n[nH]/c1=C/C=C(\C)c1cncc(C)c1. The third kappa shape index (κ3) is 3.82. The summed E-state index contributed by atoms with van der Waals surface area (Å²) in [4.78, 5) is 19.4. The largest absolute Gasteiger partial charge is 0.368 e. The van der Waals surface area contributed by atoms with Crippen LogP contribution in [0.25, 0.3) is 40.8 Å². The van der Waals surface area contributed by atoms with E-state index in [1.165, 1.54) is 19.3 Å². The fraction of sp³-hybridized carbons (Fsp3) is 0.280. The number of H-pyrrole nitrogens is 2. The van der Waals surface area contributed by atoms with Gasteiger partial charge in [0.2, 0.25) is 0 Å².